The number of allylic oxidation sites excluding steroid dienone is 1. The predicted molar refractivity (Wildman–Crippen MR) is 150 cm³/mol. The normalized spacial score (nSPS) is 15.2. The third-order valence-corrected chi connectivity index (χ3v) is 8.37. The van der Waals surface area contributed by atoms with Gasteiger partial charge >= 0.3 is 5.97 Å². The van der Waals surface area contributed by atoms with Gasteiger partial charge in [0.25, 0.3) is 11.2 Å². The van der Waals surface area contributed by atoms with Crippen LogP contribution in [0.2, 0.25) is 5.02 Å². The van der Waals surface area contributed by atoms with Gasteiger partial charge in [0.2, 0.25) is 0 Å². The lowest BCUT2D eigenvalue weighted by molar-refractivity contribution is -0.385. The Morgan fingerprint density at radius 2 is 2.03 bits per heavy atom. The molecule has 0 saturated heterocycles. The van der Waals surface area contributed by atoms with Crippen molar-refractivity contribution in [1.82, 2.24) is 4.57 Å². The molecule has 0 bridgehead atoms. The summed E-state index contributed by atoms with van der Waals surface area (Å²) in [4.78, 5) is 42.5. The molecule has 0 amide bonds. The van der Waals surface area contributed by atoms with Gasteiger partial charge in [-0.25, -0.2) is 9.79 Å². The number of halogens is 2. The molecule has 0 fully saturated rings. The zero-order valence-corrected chi connectivity index (χ0v) is 23.7. The highest BCUT2D eigenvalue weighted by atomic mass is 79.9. The molecule has 198 valence electrons. The molecule has 12 heteroatoms. The van der Waals surface area contributed by atoms with Gasteiger partial charge < -0.3 is 9.15 Å². The second-order valence-corrected chi connectivity index (χ2v) is 10.7. The first-order chi connectivity index (χ1) is 18.7. The van der Waals surface area contributed by atoms with Crippen LogP contribution in [-0.2, 0) is 9.53 Å². The molecule has 1 atom stereocenters. The number of esters is 1. The van der Waals surface area contributed by atoms with E-state index in [-0.39, 0.29) is 27.3 Å². The minimum atomic E-state index is -0.707. The molecule has 0 aliphatic carbocycles. The highest BCUT2D eigenvalue weighted by molar-refractivity contribution is 9.10. The third kappa shape index (κ3) is 5.00. The van der Waals surface area contributed by atoms with Crippen LogP contribution in [0.25, 0.3) is 17.4 Å². The molecule has 1 aliphatic heterocycles. The number of ether oxygens (including phenoxy) is 1. The number of thiazole rings is 1. The highest BCUT2D eigenvalue weighted by Gasteiger charge is 2.33. The molecule has 2 aromatic carbocycles. The number of carbonyl (C=O) groups excluding carboxylic acids is 1. The number of aromatic nitrogens is 1. The Morgan fingerprint density at radius 1 is 1.28 bits per heavy atom. The Hall–Kier alpha value is -3.80. The van der Waals surface area contributed by atoms with E-state index in [1.54, 1.807) is 38.1 Å². The number of furan rings is 1. The number of nitrogens with zero attached hydrogens (tertiary/aromatic N) is 3. The lowest BCUT2D eigenvalue weighted by atomic mass is 9.96. The van der Waals surface area contributed by atoms with E-state index in [0.29, 0.717) is 37.7 Å². The van der Waals surface area contributed by atoms with E-state index < -0.39 is 16.9 Å². The van der Waals surface area contributed by atoms with Crippen molar-refractivity contribution in [3.8, 4) is 11.3 Å². The van der Waals surface area contributed by atoms with Crippen molar-refractivity contribution < 1.29 is 18.9 Å². The summed E-state index contributed by atoms with van der Waals surface area (Å²) in [7, 11) is 0. The molecular formula is C27H19BrClN3O6S. The Morgan fingerprint density at radius 3 is 2.72 bits per heavy atom. The van der Waals surface area contributed by atoms with Crippen LogP contribution < -0.4 is 14.9 Å². The summed E-state index contributed by atoms with van der Waals surface area (Å²) in [6.07, 6.45) is 1.58. The average molecular weight is 629 g/mol. The average Bonchev–Trinajstić information content (AvgIpc) is 3.49. The summed E-state index contributed by atoms with van der Waals surface area (Å²) in [6.45, 7) is 3.63. The van der Waals surface area contributed by atoms with Crippen molar-refractivity contribution in [2.24, 2.45) is 4.99 Å². The minimum Gasteiger partial charge on any atom is -0.463 e. The summed E-state index contributed by atoms with van der Waals surface area (Å²) in [5.74, 6) is 0.170. The van der Waals surface area contributed by atoms with Gasteiger partial charge in [-0.1, -0.05) is 53.3 Å². The van der Waals surface area contributed by atoms with E-state index in [1.807, 2.05) is 30.3 Å². The van der Waals surface area contributed by atoms with Gasteiger partial charge in [0.15, 0.2) is 4.80 Å². The maximum Gasteiger partial charge on any atom is 0.338 e. The molecule has 0 spiro atoms. The molecular weight excluding hydrogens is 610 g/mol. The zero-order chi connectivity index (χ0) is 27.8. The SMILES string of the molecule is CCOC(=O)C1=C(C)N=c2s/c(=C\c3ccc(-c4cc(Cl)c(Br)c([N+](=O)[O-])c4)o3)c(=O)n2[C@H]1c1ccccc1. The van der Waals surface area contributed by atoms with E-state index >= 15 is 0 Å². The van der Waals surface area contributed by atoms with Crippen LogP contribution in [0.5, 0.6) is 0 Å². The van der Waals surface area contributed by atoms with Crippen LogP contribution >= 0.6 is 38.9 Å². The van der Waals surface area contributed by atoms with Crippen LogP contribution in [0.3, 0.4) is 0 Å². The van der Waals surface area contributed by atoms with Gasteiger partial charge in [0, 0.05) is 17.7 Å². The van der Waals surface area contributed by atoms with E-state index in [1.165, 1.54) is 22.0 Å². The molecule has 2 aromatic heterocycles. The predicted octanol–water partition coefficient (Wildman–Crippen LogP) is 5.38. The third-order valence-electron chi connectivity index (χ3n) is 6.02. The van der Waals surface area contributed by atoms with Crippen molar-refractivity contribution in [2.75, 3.05) is 6.61 Å². The Bertz CT molecular complexity index is 1840. The topological polar surface area (TPSA) is 117 Å². The highest BCUT2D eigenvalue weighted by Crippen LogP contribution is 2.37. The quantitative estimate of drug-likeness (QED) is 0.161. The van der Waals surface area contributed by atoms with Crippen molar-refractivity contribution in [1.29, 1.82) is 0 Å². The zero-order valence-electron chi connectivity index (χ0n) is 20.5. The number of hydrogen-bond acceptors (Lipinski definition) is 8. The fraction of sp³-hybridized carbons (Fsp3) is 0.148. The van der Waals surface area contributed by atoms with Gasteiger partial charge in [-0.2, -0.15) is 0 Å². The number of hydrogen-bond donors (Lipinski definition) is 0. The Kier molecular flexibility index (Phi) is 7.39. The maximum atomic E-state index is 13.7. The number of benzene rings is 2. The first kappa shape index (κ1) is 26.8. The number of nitro benzene ring substituents is 1. The lowest BCUT2D eigenvalue weighted by Crippen LogP contribution is -2.39. The number of rotatable bonds is 6. The van der Waals surface area contributed by atoms with Gasteiger partial charge in [0.1, 0.15) is 16.0 Å². The van der Waals surface area contributed by atoms with Crippen molar-refractivity contribution in [3.63, 3.8) is 0 Å². The minimum absolute atomic E-state index is 0.166. The first-order valence-electron chi connectivity index (χ1n) is 11.7. The molecule has 4 aromatic rings. The fourth-order valence-corrected chi connectivity index (χ4v) is 5.92. The molecule has 0 unspecified atom stereocenters. The van der Waals surface area contributed by atoms with Crippen LogP contribution in [0.1, 0.15) is 31.2 Å². The van der Waals surface area contributed by atoms with Crippen molar-refractivity contribution in [3.05, 3.63) is 116 Å². The molecule has 0 radical (unpaired) electrons. The molecule has 3 heterocycles. The Labute approximate surface area is 238 Å². The number of fused-ring (bicyclic) bond motifs is 1. The number of nitro groups is 1. The largest absolute Gasteiger partial charge is 0.463 e. The van der Waals surface area contributed by atoms with Crippen LogP contribution in [-0.4, -0.2) is 22.1 Å². The van der Waals surface area contributed by atoms with Crippen molar-refractivity contribution in [2.45, 2.75) is 19.9 Å². The standard InChI is InChI=1S/C27H19BrClN3O6S/c1-3-37-26(34)22-14(2)30-27-31(24(22)15-7-5-4-6-8-15)25(33)21(39-27)13-17-9-10-20(38-17)16-11-18(29)23(28)19(12-16)32(35)36/h4-13,24H,3H2,1-2H3/b21-13-/t24-/m0/s1. The molecule has 0 saturated carbocycles. The van der Waals surface area contributed by atoms with Crippen LogP contribution in [0.4, 0.5) is 5.69 Å². The van der Waals surface area contributed by atoms with Gasteiger partial charge in [-0.15, -0.1) is 0 Å². The van der Waals surface area contributed by atoms with Crippen molar-refractivity contribution >= 4 is 56.6 Å². The second-order valence-electron chi connectivity index (χ2n) is 8.46. The first-order valence-corrected chi connectivity index (χ1v) is 13.7. The molecule has 9 nitrogen and oxygen atoms in total. The van der Waals surface area contributed by atoms with E-state index in [0.717, 1.165) is 5.56 Å². The number of carbonyl (C=O) groups is 1. The molecule has 5 rings (SSSR count). The molecule has 1 aliphatic rings. The smallest absolute Gasteiger partial charge is 0.338 e. The maximum absolute atomic E-state index is 13.7. The van der Waals surface area contributed by atoms with Gasteiger partial charge in [0.05, 0.1) is 38.4 Å². The summed E-state index contributed by atoms with van der Waals surface area (Å²) in [5.41, 5.74) is 1.39. The van der Waals surface area contributed by atoms with Crippen LogP contribution in [0.15, 0.2) is 84.5 Å². The lowest BCUT2D eigenvalue weighted by Gasteiger charge is -2.24. The van der Waals surface area contributed by atoms with Gasteiger partial charge in [-0.3, -0.25) is 19.5 Å². The van der Waals surface area contributed by atoms with Crippen LogP contribution in [0, 0.1) is 10.1 Å². The monoisotopic (exact) mass is 627 g/mol. The van der Waals surface area contributed by atoms with Gasteiger partial charge in [-0.05, 0) is 53.5 Å². The van der Waals surface area contributed by atoms with E-state index in [9.17, 15) is 19.7 Å². The Balaban J connectivity index is 1.61. The molecule has 0 N–H and O–H groups in total. The second kappa shape index (κ2) is 10.8. The summed E-state index contributed by atoms with van der Waals surface area (Å²) >= 11 is 10.5. The van der Waals surface area contributed by atoms with E-state index in [4.69, 9.17) is 20.8 Å². The summed E-state index contributed by atoms with van der Waals surface area (Å²) < 4.78 is 13.2. The summed E-state index contributed by atoms with van der Waals surface area (Å²) in [6, 6.07) is 14.7. The molecule has 39 heavy (non-hydrogen) atoms. The van der Waals surface area contributed by atoms with E-state index in [2.05, 4.69) is 20.9 Å². The summed E-state index contributed by atoms with van der Waals surface area (Å²) in [5, 5.41) is 11.6. The fourth-order valence-electron chi connectivity index (χ4n) is 4.31.